The molecule has 1 saturated heterocycles. The highest BCUT2D eigenvalue weighted by Crippen LogP contribution is 2.20. The number of hydrogen-bond donors (Lipinski definition) is 0. The third-order valence-corrected chi connectivity index (χ3v) is 2.54. The Labute approximate surface area is 102 Å². The highest BCUT2D eigenvalue weighted by Gasteiger charge is 2.23. The summed E-state index contributed by atoms with van der Waals surface area (Å²) >= 11 is 0. The molecule has 3 heteroatoms. The molecule has 0 bridgehead atoms. The predicted molar refractivity (Wildman–Crippen MR) is 65.4 cm³/mol. The van der Waals surface area contributed by atoms with E-state index in [0.717, 1.165) is 12.8 Å². The summed E-state index contributed by atoms with van der Waals surface area (Å²) in [6.07, 6.45) is 7.02. The maximum absolute atomic E-state index is 12.6. The van der Waals surface area contributed by atoms with Crippen molar-refractivity contribution < 1.29 is 13.9 Å². The Morgan fingerprint density at radius 2 is 2.06 bits per heavy atom. The summed E-state index contributed by atoms with van der Waals surface area (Å²) in [5, 5.41) is 0. The lowest BCUT2D eigenvalue weighted by atomic mass is 10.2. The zero-order chi connectivity index (χ0) is 11.4. The van der Waals surface area contributed by atoms with Crippen LogP contribution in [0.5, 0.6) is 5.75 Å². The molecule has 2 rings (SSSR count). The zero-order valence-corrected chi connectivity index (χ0v) is 8.86. The van der Waals surface area contributed by atoms with Crippen molar-refractivity contribution in [3.8, 4) is 18.1 Å². The van der Waals surface area contributed by atoms with Crippen LogP contribution in [0.15, 0.2) is 24.3 Å². The fourth-order valence-corrected chi connectivity index (χ4v) is 1.67. The highest BCUT2D eigenvalue weighted by molar-refractivity contribution is 5.22. The first-order chi connectivity index (χ1) is 7.78. The summed E-state index contributed by atoms with van der Waals surface area (Å²) in [5.41, 5.74) is 0. The van der Waals surface area contributed by atoms with E-state index in [1.165, 1.54) is 12.1 Å². The van der Waals surface area contributed by atoms with Crippen molar-refractivity contribution in [1.82, 2.24) is 0 Å². The average Bonchev–Trinajstić information content (AvgIpc) is 2.76. The molecule has 1 heterocycles. The first kappa shape index (κ1) is 13.5. The van der Waals surface area contributed by atoms with E-state index in [2.05, 4.69) is 5.92 Å². The Hall–Kier alpha value is -1.53. The molecule has 0 spiro atoms. The highest BCUT2D eigenvalue weighted by atomic mass is 19.1. The fraction of sp³-hybridized carbons (Fsp3) is 0.429. The average molecular weight is 236 g/mol. The summed E-state index contributed by atoms with van der Waals surface area (Å²) < 4.78 is 23.6. The van der Waals surface area contributed by atoms with Crippen molar-refractivity contribution in [3.05, 3.63) is 30.1 Å². The van der Waals surface area contributed by atoms with Gasteiger partial charge in [0.05, 0.1) is 6.10 Å². The minimum Gasteiger partial charge on any atom is -0.491 e. The van der Waals surface area contributed by atoms with E-state index >= 15 is 0 Å². The van der Waals surface area contributed by atoms with Crippen LogP contribution in [0, 0.1) is 18.2 Å². The molecule has 92 valence electrons. The molecule has 0 aromatic heterocycles. The van der Waals surface area contributed by atoms with E-state index in [4.69, 9.17) is 15.9 Å². The quantitative estimate of drug-likeness (QED) is 0.751. The van der Waals surface area contributed by atoms with E-state index in [1.807, 2.05) is 0 Å². The minimum absolute atomic E-state index is 0. The van der Waals surface area contributed by atoms with Gasteiger partial charge in [-0.2, -0.15) is 0 Å². The lowest BCUT2D eigenvalue weighted by Gasteiger charge is -2.12. The van der Waals surface area contributed by atoms with Gasteiger partial charge in [0.15, 0.2) is 0 Å². The standard InChI is InChI=1S/C13H13FO2.CH4/c1-2-11-7-8-13(16-11)9-15-12-5-3-10(14)4-6-12;/h1,3-6,11,13H,7-9H2;1H4. The van der Waals surface area contributed by atoms with Gasteiger partial charge in [0.1, 0.15) is 24.3 Å². The number of benzene rings is 1. The Bertz CT molecular complexity index is 380. The third-order valence-electron chi connectivity index (χ3n) is 2.54. The molecule has 1 aliphatic rings. The van der Waals surface area contributed by atoms with Crippen LogP contribution < -0.4 is 4.74 Å². The predicted octanol–water partition coefficient (Wildman–Crippen LogP) is 3.02. The van der Waals surface area contributed by atoms with E-state index in [-0.39, 0.29) is 25.5 Å². The van der Waals surface area contributed by atoms with Crippen LogP contribution in [0.1, 0.15) is 20.3 Å². The number of halogens is 1. The smallest absolute Gasteiger partial charge is 0.123 e. The second-order valence-electron chi connectivity index (χ2n) is 3.76. The van der Waals surface area contributed by atoms with Crippen LogP contribution in [0.25, 0.3) is 0 Å². The number of ether oxygens (including phenoxy) is 2. The third kappa shape index (κ3) is 3.76. The monoisotopic (exact) mass is 236 g/mol. The lowest BCUT2D eigenvalue weighted by molar-refractivity contribution is 0.0420. The van der Waals surface area contributed by atoms with Crippen LogP contribution in [0.2, 0.25) is 0 Å². The Morgan fingerprint density at radius 1 is 1.35 bits per heavy atom. The Kier molecular flexibility index (Phi) is 4.99. The normalized spacial score (nSPS) is 22.6. The molecule has 1 aliphatic heterocycles. The van der Waals surface area contributed by atoms with E-state index in [1.54, 1.807) is 12.1 Å². The maximum atomic E-state index is 12.6. The van der Waals surface area contributed by atoms with Crippen molar-refractivity contribution in [3.63, 3.8) is 0 Å². The molecule has 1 fully saturated rings. The topological polar surface area (TPSA) is 18.5 Å². The lowest BCUT2D eigenvalue weighted by Crippen LogP contribution is -2.18. The molecule has 1 aromatic rings. The van der Waals surface area contributed by atoms with E-state index < -0.39 is 0 Å². The molecule has 0 aliphatic carbocycles. The van der Waals surface area contributed by atoms with Gasteiger partial charge in [-0.05, 0) is 37.1 Å². The largest absolute Gasteiger partial charge is 0.491 e. The fourth-order valence-electron chi connectivity index (χ4n) is 1.67. The zero-order valence-electron chi connectivity index (χ0n) is 8.86. The summed E-state index contributed by atoms with van der Waals surface area (Å²) in [5.74, 6) is 2.95. The van der Waals surface area contributed by atoms with Crippen LogP contribution in [-0.2, 0) is 4.74 Å². The molecule has 0 saturated carbocycles. The summed E-state index contributed by atoms with van der Waals surface area (Å²) in [6.45, 7) is 0.462. The van der Waals surface area contributed by atoms with E-state index in [0.29, 0.717) is 12.4 Å². The van der Waals surface area contributed by atoms with Gasteiger partial charge in [0.25, 0.3) is 0 Å². The van der Waals surface area contributed by atoms with Crippen LogP contribution >= 0.6 is 0 Å². The van der Waals surface area contributed by atoms with Gasteiger partial charge >= 0.3 is 0 Å². The van der Waals surface area contributed by atoms with Crippen molar-refractivity contribution in [1.29, 1.82) is 0 Å². The molecule has 0 amide bonds. The SMILES string of the molecule is C.C#CC1CCC(COc2ccc(F)cc2)O1. The van der Waals surface area contributed by atoms with Crippen LogP contribution in [-0.4, -0.2) is 18.8 Å². The van der Waals surface area contributed by atoms with Gasteiger partial charge in [0, 0.05) is 0 Å². The summed E-state index contributed by atoms with van der Waals surface area (Å²) in [7, 11) is 0. The minimum atomic E-state index is -0.267. The van der Waals surface area contributed by atoms with Gasteiger partial charge in [-0.15, -0.1) is 6.42 Å². The van der Waals surface area contributed by atoms with Gasteiger partial charge < -0.3 is 9.47 Å². The summed E-state index contributed by atoms with van der Waals surface area (Å²) in [4.78, 5) is 0. The molecule has 2 atom stereocenters. The second-order valence-corrected chi connectivity index (χ2v) is 3.76. The molecule has 17 heavy (non-hydrogen) atoms. The number of rotatable bonds is 3. The van der Waals surface area contributed by atoms with Gasteiger partial charge in [0.2, 0.25) is 0 Å². The van der Waals surface area contributed by atoms with Crippen LogP contribution in [0.3, 0.4) is 0 Å². The van der Waals surface area contributed by atoms with E-state index in [9.17, 15) is 4.39 Å². The first-order valence-electron chi connectivity index (χ1n) is 5.28. The molecule has 2 unspecified atom stereocenters. The number of hydrogen-bond acceptors (Lipinski definition) is 2. The molecule has 2 nitrogen and oxygen atoms in total. The van der Waals surface area contributed by atoms with Gasteiger partial charge in [-0.25, -0.2) is 4.39 Å². The molecule has 1 aromatic carbocycles. The van der Waals surface area contributed by atoms with Crippen molar-refractivity contribution in [2.75, 3.05) is 6.61 Å². The van der Waals surface area contributed by atoms with Crippen molar-refractivity contribution in [2.45, 2.75) is 32.5 Å². The first-order valence-corrected chi connectivity index (χ1v) is 5.28. The van der Waals surface area contributed by atoms with Gasteiger partial charge in [-0.1, -0.05) is 13.3 Å². The van der Waals surface area contributed by atoms with Crippen LogP contribution in [0.4, 0.5) is 4.39 Å². The van der Waals surface area contributed by atoms with Gasteiger partial charge in [-0.3, -0.25) is 0 Å². The molecule has 0 radical (unpaired) electrons. The summed E-state index contributed by atoms with van der Waals surface area (Å²) in [6, 6.07) is 5.94. The molecular weight excluding hydrogens is 219 g/mol. The Morgan fingerprint density at radius 3 is 2.65 bits per heavy atom. The second kappa shape index (κ2) is 6.27. The van der Waals surface area contributed by atoms with Crippen molar-refractivity contribution in [2.24, 2.45) is 0 Å². The van der Waals surface area contributed by atoms with Crippen molar-refractivity contribution >= 4 is 0 Å². The molecule has 0 N–H and O–H groups in total. The molecular formula is C14H17FO2. The maximum Gasteiger partial charge on any atom is 0.123 e. The Balaban J connectivity index is 0.00000144. The number of terminal acetylenes is 1.